The Morgan fingerprint density at radius 1 is 1.06 bits per heavy atom. The second-order valence-electron chi connectivity index (χ2n) is 8.00. The van der Waals surface area contributed by atoms with E-state index in [9.17, 15) is 9.59 Å². The molecule has 3 aromatic rings. The molecule has 0 unspecified atom stereocenters. The van der Waals surface area contributed by atoms with E-state index in [1.165, 1.54) is 11.8 Å². The fraction of sp³-hybridized carbons (Fsp3) is 0.304. The van der Waals surface area contributed by atoms with Crippen LogP contribution in [0.25, 0.3) is 0 Å². The molecule has 1 aromatic heterocycles. The van der Waals surface area contributed by atoms with Crippen molar-refractivity contribution in [2.75, 3.05) is 11.1 Å². The number of hydrogen-bond acceptors (Lipinski definition) is 5. The first kappa shape index (κ1) is 26.3. The van der Waals surface area contributed by atoms with Crippen molar-refractivity contribution in [3.8, 4) is 0 Å². The van der Waals surface area contributed by atoms with E-state index in [0.717, 1.165) is 0 Å². The molecule has 1 heterocycles. The first-order valence-corrected chi connectivity index (χ1v) is 12.6. The van der Waals surface area contributed by atoms with E-state index in [-0.39, 0.29) is 29.5 Å². The van der Waals surface area contributed by atoms with Gasteiger partial charge in [-0.2, -0.15) is 0 Å². The Balaban J connectivity index is 1.70. The summed E-state index contributed by atoms with van der Waals surface area (Å²) in [7, 11) is 1.80. The number of carbonyl (C=O) groups excluding carboxylic acids is 2. The van der Waals surface area contributed by atoms with Gasteiger partial charge in [0, 0.05) is 12.1 Å². The highest BCUT2D eigenvalue weighted by molar-refractivity contribution is 7.99. The molecule has 0 fully saturated rings. The van der Waals surface area contributed by atoms with Crippen LogP contribution in [0.2, 0.25) is 15.1 Å². The Morgan fingerprint density at radius 2 is 1.79 bits per heavy atom. The second kappa shape index (κ2) is 11.9. The lowest BCUT2D eigenvalue weighted by Crippen LogP contribution is -2.31. The van der Waals surface area contributed by atoms with Gasteiger partial charge in [-0.25, -0.2) is 0 Å². The maximum absolute atomic E-state index is 12.9. The number of aromatic nitrogens is 3. The van der Waals surface area contributed by atoms with E-state index in [0.29, 0.717) is 43.7 Å². The van der Waals surface area contributed by atoms with Crippen molar-refractivity contribution in [3.63, 3.8) is 0 Å². The van der Waals surface area contributed by atoms with Gasteiger partial charge < -0.3 is 15.2 Å². The highest BCUT2D eigenvalue weighted by Crippen LogP contribution is 2.27. The minimum Gasteiger partial charge on any atom is -0.342 e. The molecule has 7 nitrogen and oxygen atoms in total. The number of amides is 2. The summed E-state index contributed by atoms with van der Waals surface area (Å²) in [6.45, 7) is 4.12. The van der Waals surface area contributed by atoms with Crippen molar-refractivity contribution in [2.24, 2.45) is 13.0 Å². The Labute approximate surface area is 217 Å². The van der Waals surface area contributed by atoms with Gasteiger partial charge in [0.25, 0.3) is 5.91 Å². The molecule has 0 aliphatic heterocycles. The topological polar surface area (TPSA) is 88.9 Å². The lowest BCUT2D eigenvalue weighted by molar-refractivity contribution is -0.113. The molecule has 0 saturated heterocycles. The van der Waals surface area contributed by atoms with Crippen molar-refractivity contribution < 1.29 is 9.59 Å². The molecule has 2 N–H and O–H groups in total. The number of rotatable bonds is 9. The molecule has 2 aromatic carbocycles. The zero-order valence-electron chi connectivity index (χ0n) is 18.8. The predicted octanol–water partition coefficient (Wildman–Crippen LogP) is 6.02. The summed E-state index contributed by atoms with van der Waals surface area (Å²) in [5, 5.41) is 16.1. The van der Waals surface area contributed by atoms with Gasteiger partial charge in [0.2, 0.25) is 5.91 Å². The van der Waals surface area contributed by atoms with Gasteiger partial charge in [0.15, 0.2) is 11.0 Å². The third-order valence-corrected chi connectivity index (χ3v) is 6.76. The molecule has 0 bridgehead atoms. The summed E-state index contributed by atoms with van der Waals surface area (Å²) in [6.07, 6.45) is 0.653. The molecule has 0 aliphatic carbocycles. The van der Waals surface area contributed by atoms with Gasteiger partial charge in [-0.1, -0.05) is 72.5 Å². The number of nitrogens with one attached hydrogen (secondary N) is 2. The van der Waals surface area contributed by atoms with Crippen LogP contribution in [0.3, 0.4) is 0 Å². The van der Waals surface area contributed by atoms with Gasteiger partial charge in [-0.15, -0.1) is 10.2 Å². The van der Waals surface area contributed by atoms with Crippen LogP contribution < -0.4 is 10.6 Å². The fourth-order valence-corrected chi connectivity index (χ4v) is 4.52. The van der Waals surface area contributed by atoms with Crippen LogP contribution in [0, 0.1) is 5.92 Å². The largest absolute Gasteiger partial charge is 0.342 e. The third-order valence-electron chi connectivity index (χ3n) is 4.85. The number of hydrogen-bond donors (Lipinski definition) is 2. The summed E-state index contributed by atoms with van der Waals surface area (Å²) >= 11 is 19.5. The molecule has 1 atom stereocenters. The smallest absolute Gasteiger partial charge is 0.253 e. The minimum atomic E-state index is -0.380. The highest BCUT2D eigenvalue weighted by atomic mass is 35.5. The van der Waals surface area contributed by atoms with E-state index in [1.54, 1.807) is 54.1 Å². The summed E-state index contributed by atoms with van der Waals surface area (Å²) in [4.78, 5) is 25.3. The maximum atomic E-state index is 12.9. The average molecular weight is 541 g/mol. The van der Waals surface area contributed by atoms with Crippen molar-refractivity contribution in [1.29, 1.82) is 0 Å². The Bertz CT molecular complexity index is 1190. The molecule has 0 aliphatic rings. The molecule has 34 heavy (non-hydrogen) atoms. The standard InChI is InChI=1S/C23H24Cl3N5O2S/c1-13(2)10-19(28-22(33)15-6-4-5-7-16(15)25)21-29-30-23(31(21)3)34-12-20(32)27-18-11-14(24)8-9-17(18)26/h4-9,11,13,19H,10,12H2,1-3H3,(H,27,32)(H,28,33)/t19-/m1/s1. The number of halogens is 3. The van der Waals surface area contributed by atoms with Crippen LogP contribution in [-0.2, 0) is 11.8 Å². The molecular formula is C23H24Cl3N5O2S. The molecule has 2 amide bonds. The van der Waals surface area contributed by atoms with Gasteiger partial charge in [0.1, 0.15) is 0 Å². The Hall–Kier alpha value is -2.26. The zero-order chi connectivity index (χ0) is 24.8. The summed E-state index contributed by atoms with van der Waals surface area (Å²) in [5.41, 5.74) is 0.837. The van der Waals surface area contributed by atoms with Crippen molar-refractivity contribution >= 4 is 64.1 Å². The molecule has 0 spiro atoms. The fourth-order valence-electron chi connectivity index (χ4n) is 3.25. The first-order chi connectivity index (χ1) is 16.2. The highest BCUT2D eigenvalue weighted by Gasteiger charge is 2.24. The van der Waals surface area contributed by atoms with Crippen LogP contribution in [-0.4, -0.2) is 32.3 Å². The van der Waals surface area contributed by atoms with Gasteiger partial charge in [-0.05, 0) is 42.7 Å². The van der Waals surface area contributed by atoms with E-state index in [2.05, 4.69) is 34.7 Å². The third kappa shape index (κ3) is 6.88. The van der Waals surface area contributed by atoms with E-state index in [1.807, 2.05) is 0 Å². The van der Waals surface area contributed by atoms with Crippen LogP contribution >= 0.6 is 46.6 Å². The van der Waals surface area contributed by atoms with Crippen LogP contribution in [0.5, 0.6) is 0 Å². The number of benzene rings is 2. The average Bonchev–Trinajstić information content (AvgIpc) is 3.14. The number of carbonyl (C=O) groups is 2. The first-order valence-electron chi connectivity index (χ1n) is 10.5. The minimum absolute atomic E-state index is 0.0929. The summed E-state index contributed by atoms with van der Waals surface area (Å²) in [6, 6.07) is 11.4. The molecule has 3 rings (SSSR count). The summed E-state index contributed by atoms with van der Waals surface area (Å²) in [5.74, 6) is 0.429. The zero-order valence-corrected chi connectivity index (χ0v) is 21.9. The lowest BCUT2D eigenvalue weighted by atomic mass is 10.0. The van der Waals surface area contributed by atoms with E-state index < -0.39 is 0 Å². The maximum Gasteiger partial charge on any atom is 0.253 e. The number of thioether (sulfide) groups is 1. The molecule has 0 radical (unpaired) electrons. The quantitative estimate of drug-likeness (QED) is 0.324. The van der Waals surface area contributed by atoms with E-state index >= 15 is 0 Å². The van der Waals surface area contributed by atoms with Crippen molar-refractivity contribution in [3.05, 3.63) is 68.9 Å². The predicted molar refractivity (Wildman–Crippen MR) is 138 cm³/mol. The van der Waals surface area contributed by atoms with Gasteiger partial charge in [-0.3, -0.25) is 9.59 Å². The van der Waals surface area contributed by atoms with Crippen LogP contribution in [0.1, 0.15) is 42.5 Å². The molecule has 11 heteroatoms. The Kier molecular flexibility index (Phi) is 9.24. The second-order valence-corrected chi connectivity index (χ2v) is 10.2. The molecule has 180 valence electrons. The van der Waals surface area contributed by atoms with Crippen molar-refractivity contribution in [2.45, 2.75) is 31.5 Å². The lowest BCUT2D eigenvalue weighted by Gasteiger charge is -2.20. The number of nitrogens with zero attached hydrogens (tertiary/aromatic N) is 3. The van der Waals surface area contributed by atoms with Crippen LogP contribution in [0.15, 0.2) is 47.6 Å². The molecule has 0 saturated carbocycles. The summed E-state index contributed by atoms with van der Waals surface area (Å²) < 4.78 is 1.78. The van der Waals surface area contributed by atoms with Crippen molar-refractivity contribution in [1.82, 2.24) is 20.1 Å². The monoisotopic (exact) mass is 539 g/mol. The van der Waals surface area contributed by atoms with E-state index in [4.69, 9.17) is 34.8 Å². The Morgan fingerprint density at radius 3 is 2.50 bits per heavy atom. The SMILES string of the molecule is CC(C)C[C@@H](NC(=O)c1ccccc1Cl)c1nnc(SCC(=O)Nc2cc(Cl)ccc2Cl)n1C. The normalized spacial score (nSPS) is 12.0. The molecular weight excluding hydrogens is 517 g/mol. The number of anilines is 1. The van der Waals surface area contributed by atoms with Gasteiger partial charge >= 0.3 is 0 Å². The van der Waals surface area contributed by atoms with Crippen LogP contribution in [0.4, 0.5) is 5.69 Å². The van der Waals surface area contributed by atoms with Gasteiger partial charge in [0.05, 0.1) is 33.1 Å².